The van der Waals surface area contributed by atoms with E-state index in [9.17, 15) is 4.79 Å². The van der Waals surface area contributed by atoms with E-state index in [1.807, 2.05) is 55.5 Å². The Morgan fingerprint density at radius 1 is 1.00 bits per heavy atom. The van der Waals surface area contributed by atoms with Gasteiger partial charge in [0.2, 0.25) is 0 Å². The Morgan fingerprint density at radius 2 is 1.78 bits per heavy atom. The average Bonchev–Trinajstić information content (AvgIpc) is 2.69. The zero-order valence-electron chi connectivity index (χ0n) is 16.1. The van der Waals surface area contributed by atoms with Gasteiger partial charge in [-0.25, -0.2) is 0 Å². The average molecular weight is 367 g/mol. The third-order valence-electron chi connectivity index (χ3n) is 5.02. The Labute approximate surface area is 161 Å². The van der Waals surface area contributed by atoms with Crippen LogP contribution in [0, 0.1) is 12.8 Å². The van der Waals surface area contributed by atoms with Gasteiger partial charge in [-0.3, -0.25) is 4.79 Å². The fraction of sp³-hybridized carbons (Fsp3) is 0.435. The van der Waals surface area contributed by atoms with Gasteiger partial charge in [0.15, 0.2) is 6.61 Å². The number of rotatable bonds is 8. The van der Waals surface area contributed by atoms with Crippen molar-refractivity contribution in [3.63, 3.8) is 0 Å². The Balaban J connectivity index is 1.38. The maximum atomic E-state index is 12.0. The number of ether oxygens (including phenoxy) is 2. The highest BCUT2D eigenvalue weighted by molar-refractivity contribution is 5.91. The first kappa shape index (κ1) is 19.3. The summed E-state index contributed by atoms with van der Waals surface area (Å²) < 4.78 is 11.4. The smallest absolute Gasteiger partial charge is 0.262 e. The molecule has 1 amide bonds. The summed E-state index contributed by atoms with van der Waals surface area (Å²) in [6, 6.07) is 15.2. The van der Waals surface area contributed by atoms with Crippen LogP contribution >= 0.6 is 0 Å². The molecule has 0 atom stereocenters. The van der Waals surface area contributed by atoms with Crippen molar-refractivity contribution >= 4 is 11.6 Å². The van der Waals surface area contributed by atoms with E-state index < -0.39 is 0 Å². The van der Waals surface area contributed by atoms with Gasteiger partial charge >= 0.3 is 0 Å². The number of anilines is 1. The van der Waals surface area contributed by atoms with Gasteiger partial charge in [0.1, 0.15) is 11.5 Å². The summed E-state index contributed by atoms with van der Waals surface area (Å²) in [4.78, 5) is 12.0. The van der Waals surface area contributed by atoms with Gasteiger partial charge in [-0.1, -0.05) is 44.2 Å². The third kappa shape index (κ3) is 6.63. The van der Waals surface area contributed by atoms with E-state index in [4.69, 9.17) is 9.47 Å². The SMILES string of the molecule is Cc1cccc(OCC(=O)Nc2ccc(OCCC3CCCCC3)cc2)c1. The number of benzene rings is 2. The van der Waals surface area contributed by atoms with Crippen molar-refractivity contribution in [1.29, 1.82) is 0 Å². The van der Waals surface area contributed by atoms with E-state index >= 15 is 0 Å². The van der Waals surface area contributed by atoms with Gasteiger partial charge in [0.05, 0.1) is 6.61 Å². The summed E-state index contributed by atoms with van der Waals surface area (Å²) in [6.45, 7) is 2.75. The van der Waals surface area contributed by atoms with Crippen LogP contribution in [0.5, 0.6) is 11.5 Å². The Bertz CT molecular complexity index is 721. The number of hydrogen-bond donors (Lipinski definition) is 1. The Morgan fingerprint density at radius 3 is 2.52 bits per heavy atom. The number of nitrogens with one attached hydrogen (secondary N) is 1. The molecular formula is C23H29NO3. The minimum atomic E-state index is -0.178. The van der Waals surface area contributed by atoms with Crippen LogP contribution in [0.15, 0.2) is 48.5 Å². The van der Waals surface area contributed by atoms with E-state index in [0.29, 0.717) is 5.75 Å². The van der Waals surface area contributed by atoms with Gasteiger partial charge in [-0.05, 0) is 61.2 Å². The molecular weight excluding hydrogens is 338 g/mol. The van der Waals surface area contributed by atoms with Crippen LogP contribution in [0.25, 0.3) is 0 Å². The summed E-state index contributed by atoms with van der Waals surface area (Å²) >= 11 is 0. The molecule has 0 unspecified atom stereocenters. The molecule has 0 radical (unpaired) electrons. The molecule has 1 aliphatic carbocycles. The largest absolute Gasteiger partial charge is 0.494 e. The first-order valence-corrected chi connectivity index (χ1v) is 9.91. The number of hydrogen-bond acceptors (Lipinski definition) is 3. The van der Waals surface area contributed by atoms with Crippen LogP contribution in [0.2, 0.25) is 0 Å². The fourth-order valence-electron chi connectivity index (χ4n) is 3.50. The molecule has 144 valence electrons. The third-order valence-corrected chi connectivity index (χ3v) is 5.02. The van der Waals surface area contributed by atoms with E-state index in [1.165, 1.54) is 32.1 Å². The van der Waals surface area contributed by atoms with E-state index in [2.05, 4.69) is 5.32 Å². The van der Waals surface area contributed by atoms with Gasteiger partial charge < -0.3 is 14.8 Å². The molecule has 4 nitrogen and oxygen atoms in total. The molecule has 4 heteroatoms. The fourth-order valence-corrected chi connectivity index (χ4v) is 3.50. The summed E-state index contributed by atoms with van der Waals surface area (Å²) in [5.74, 6) is 2.19. The highest BCUT2D eigenvalue weighted by Gasteiger charge is 2.13. The molecule has 0 aliphatic heterocycles. The Hall–Kier alpha value is -2.49. The van der Waals surface area contributed by atoms with Crippen LogP contribution < -0.4 is 14.8 Å². The van der Waals surface area contributed by atoms with E-state index in [-0.39, 0.29) is 12.5 Å². The van der Waals surface area contributed by atoms with Crippen molar-refractivity contribution in [3.05, 3.63) is 54.1 Å². The predicted molar refractivity (Wildman–Crippen MR) is 108 cm³/mol. The normalized spacial score (nSPS) is 14.6. The van der Waals surface area contributed by atoms with Crippen molar-refractivity contribution in [3.8, 4) is 11.5 Å². The number of aryl methyl sites for hydroxylation is 1. The van der Waals surface area contributed by atoms with Crippen molar-refractivity contribution in [2.24, 2.45) is 5.92 Å². The first-order chi connectivity index (χ1) is 13.2. The number of amides is 1. The van der Waals surface area contributed by atoms with E-state index in [0.717, 1.165) is 35.9 Å². The molecule has 2 aromatic carbocycles. The van der Waals surface area contributed by atoms with Gasteiger partial charge in [-0.15, -0.1) is 0 Å². The molecule has 0 saturated heterocycles. The lowest BCUT2D eigenvalue weighted by atomic mass is 9.87. The highest BCUT2D eigenvalue weighted by atomic mass is 16.5. The molecule has 0 bridgehead atoms. The predicted octanol–water partition coefficient (Wildman–Crippen LogP) is 5.36. The highest BCUT2D eigenvalue weighted by Crippen LogP contribution is 2.26. The van der Waals surface area contributed by atoms with Crippen LogP contribution in [0.1, 0.15) is 44.1 Å². The van der Waals surface area contributed by atoms with Crippen LogP contribution in [-0.2, 0) is 4.79 Å². The van der Waals surface area contributed by atoms with Crippen molar-refractivity contribution < 1.29 is 14.3 Å². The quantitative estimate of drug-likeness (QED) is 0.683. The molecule has 0 heterocycles. The van der Waals surface area contributed by atoms with Crippen molar-refractivity contribution in [2.45, 2.75) is 45.4 Å². The second-order valence-electron chi connectivity index (χ2n) is 7.32. The second kappa shape index (κ2) is 10.0. The molecule has 1 saturated carbocycles. The minimum absolute atomic E-state index is 0.0108. The zero-order chi connectivity index (χ0) is 18.9. The van der Waals surface area contributed by atoms with Crippen LogP contribution in [0.3, 0.4) is 0 Å². The molecule has 0 spiro atoms. The molecule has 27 heavy (non-hydrogen) atoms. The standard InChI is InChI=1S/C23H29NO3/c1-18-6-5-9-22(16-18)27-17-23(25)24-20-10-12-21(13-11-20)26-15-14-19-7-3-2-4-8-19/h5-6,9-13,16,19H,2-4,7-8,14-15,17H2,1H3,(H,24,25). The van der Waals surface area contributed by atoms with Gasteiger partial charge in [-0.2, -0.15) is 0 Å². The lowest BCUT2D eigenvalue weighted by Crippen LogP contribution is -2.20. The van der Waals surface area contributed by atoms with Gasteiger partial charge in [0, 0.05) is 5.69 Å². The summed E-state index contributed by atoms with van der Waals surface area (Å²) in [5, 5.41) is 2.84. The van der Waals surface area contributed by atoms with E-state index in [1.54, 1.807) is 0 Å². The lowest BCUT2D eigenvalue weighted by molar-refractivity contribution is -0.118. The number of carbonyl (C=O) groups is 1. The summed E-state index contributed by atoms with van der Waals surface area (Å²) in [6.07, 6.45) is 7.95. The summed E-state index contributed by atoms with van der Waals surface area (Å²) in [7, 11) is 0. The van der Waals surface area contributed by atoms with Crippen molar-refractivity contribution in [2.75, 3.05) is 18.5 Å². The summed E-state index contributed by atoms with van der Waals surface area (Å²) in [5.41, 5.74) is 1.85. The monoisotopic (exact) mass is 367 g/mol. The molecule has 2 aromatic rings. The Kier molecular flexibility index (Phi) is 7.14. The molecule has 1 aliphatic rings. The number of carbonyl (C=O) groups excluding carboxylic acids is 1. The molecule has 3 rings (SSSR count). The second-order valence-corrected chi connectivity index (χ2v) is 7.32. The van der Waals surface area contributed by atoms with Crippen molar-refractivity contribution in [1.82, 2.24) is 0 Å². The van der Waals surface area contributed by atoms with Gasteiger partial charge in [0.25, 0.3) is 5.91 Å². The van der Waals surface area contributed by atoms with Crippen LogP contribution in [0.4, 0.5) is 5.69 Å². The first-order valence-electron chi connectivity index (χ1n) is 9.91. The molecule has 0 aromatic heterocycles. The maximum absolute atomic E-state index is 12.0. The lowest BCUT2D eigenvalue weighted by Gasteiger charge is -2.21. The molecule has 1 N–H and O–H groups in total. The van der Waals surface area contributed by atoms with Crippen LogP contribution in [-0.4, -0.2) is 19.1 Å². The zero-order valence-corrected chi connectivity index (χ0v) is 16.1. The molecule has 1 fully saturated rings. The minimum Gasteiger partial charge on any atom is -0.494 e. The topological polar surface area (TPSA) is 47.6 Å². The maximum Gasteiger partial charge on any atom is 0.262 e.